The highest BCUT2D eigenvalue weighted by Gasteiger charge is 2.92. The lowest BCUT2D eigenvalue weighted by molar-refractivity contribution is -0.370. The Morgan fingerprint density at radius 1 is 1.00 bits per heavy atom. The summed E-state index contributed by atoms with van der Waals surface area (Å²) in [5, 5.41) is -0.631. The summed E-state index contributed by atoms with van der Waals surface area (Å²) in [7, 11) is 0. The fourth-order valence-corrected chi connectivity index (χ4v) is 2.61. The second-order valence-electron chi connectivity index (χ2n) is 5.52. The van der Waals surface area contributed by atoms with E-state index >= 15 is 0 Å². The van der Waals surface area contributed by atoms with Crippen molar-refractivity contribution in [2.75, 3.05) is 0 Å². The van der Waals surface area contributed by atoms with Gasteiger partial charge >= 0.3 is 23.7 Å². The van der Waals surface area contributed by atoms with E-state index in [0.29, 0.717) is 12.1 Å². The Balaban J connectivity index is 2.31. The van der Waals surface area contributed by atoms with Crippen LogP contribution in [-0.4, -0.2) is 35.3 Å². The van der Waals surface area contributed by atoms with Gasteiger partial charge in [-0.25, -0.2) is 8.78 Å². The third-order valence-electron chi connectivity index (χ3n) is 3.81. The molecule has 0 aromatic heterocycles. The SMILES string of the molecule is O=C(CC(=O)C1(F)C(F)(F)C(F)C1(F)F)c1cc(Cl)cc(C(F)(F)F)c1. The maximum absolute atomic E-state index is 13.9. The summed E-state index contributed by atoms with van der Waals surface area (Å²) >= 11 is 5.37. The quantitative estimate of drug-likeness (QED) is 0.403. The van der Waals surface area contributed by atoms with Crippen molar-refractivity contribution < 1.29 is 49.1 Å². The number of carbonyl (C=O) groups is 2. The molecule has 26 heavy (non-hydrogen) atoms. The van der Waals surface area contributed by atoms with Crippen LogP contribution in [0.2, 0.25) is 5.02 Å². The van der Waals surface area contributed by atoms with E-state index in [1.165, 1.54) is 0 Å². The highest BCUT2D eigenvalue weighted by Crippen LogP contribution is 2.62. The average Bonchev–Trinajstić information content (AvgIpc) is 2.50. The number of hydrogen-bond donors (Lipinski definition) is 0. The zero-order chi connectivity index (χ0) is 20.3. The minimum Gasteiger partial charge on any atom is -0.295 e. The van der Waals surface area contributed by atoms with Crippen molar-refractivity contribution in [3.8, 4) is 0 Å². The van der Waals surface area contributed by atoms with E-state index in [1.807, 2.05) is 0 Å². The van der Waals surface area contributed by atoms with Crippen molar-refractivity contribution in [3.05, 3.63) is 34.3 Å². The van der Waals surface area contributed by atoms with Gasteiger partial charge in [-0.1, -0.05) is 11.6 Å². The van der Waals surface area contributed by atoms with Crippen molar-refractivity contribution in [2.45, 2.75) is 36.3 Å². The Labute approximate surface area is 143 Å². The summed E-state index contributed by atoms with van der Waals surface area (Å²) in [5.41, 5.74) is -7.66. The molecule has 0 radical (unpaired) electrons. The first kappa shape index (κ1) is 20.5. The summed E-state index contributed by atoms with van der Waals surface area (Å²) in [6.07, 6.45) is -11.2. The largest absolute Gasteiger partial charge is 0.416 e. The van der Waals surface area contributed by atoms with Gasteiger partial charge in [-0.2, -0.15) is 30.7 Å². The molecule has 2 nitrogen and oxygen atoms in total. The summed E-state index contributed by atoms with van der Waals surface area (Å²) in [6, 6.07) is 1.19. The van der Waals surface area contributed by atoms with Crippen LogP contribution in [0.5, 0.6) is 0 Å². The summed E-state index contributed by atoms with van der Waals surface area (Å²) in [5.74, 6) is -15.1. The molecule has 1 aliphatic carbocycles. The molecule has 1 saturated carbocycles. The Morgan fingerprint density at radius 3 is 1.96 bits per heavy atom. The van der Waals surface area contributed by atoms with Crippen LogP contribution in [0, 0.1) is 0 Å². The number of hydrogen-bond acceptors (Lipinski definition) is 2. The Hall–Kier alpha value is -1.78. The molecular weight excluding hydrogens is 407 g/mol. The first-order chi connectivity index (χ1) is 11.6. The second kappa shape index (κ2) is 5.86. The molecule has 0 N–H and O–H groups in total. The van der Waals surface area contributed by atoms with E-state index < -0.39 is 64.0 Å². The predicted octanol–water partition coefficient (Wildman–Crippen LogP) is 4.83. The van der Waals surface area contributed by atoms with Crippen LogP contribution in [-0.2, 0) is 11.0 Å². The maximum atomic E-state index is 13.9. The Kier molecular flexibility index (Phi) is 4.63. The van der Waals surface area contributed by atoms with Crippen LogP contribution in [0.3, 0.4) is 0 Å². The smallest absolute Gasteiger partial charge is 0.295 e. The number of alkyl halides is 9. The van der Waals surface area contributed by atoms with Gasteiger partial charge in [-0.05, 0) is 18.2 Å². The van der Waals surface area contributed by atoms with E-state index in [0.717, 1.165) is 0 Å². The average molecular weight is 413 g/mol. The highest BCUT2D eigenvalue weighted by atomic mass is 35.5. The van der Waals surface area contributed by atoms with Crippen LogP contribution in [0.4, 0.5) is 39.5 Å². The van der Waals surface area contributed by atoms with Crippen LogP contribution in [0.1, 0.15) is 22.3 Å². The first-order valence-electron chi connectivity index (χ1n) is 6.59. The fourth-order valence-electron chi connectivity index (χ4n) is 2.38. The molecule has 1 aliphatic rings. The number of benzene rings is 1. The molecule has 1 aromatic carbocycles. The first-order valence-corrected chi connectivity index (χ1v) is 6.97. The van der Waals surface area contributed by atoms with Crippen LogP contribution in [0.25, 0.3) is 0 Å². The number of carbonyl (C=O) groups excluding carboxylic acids is 2. The third-order valence-corrected chi connectivity index (χ3v) is 4.03. The van der Waals surface area contributed by atoms with E-state index in [9.17, 15) is 49.1 Å². The van der Waals surface area contributed by atoms with Gasteiger partial charge in [0.05, 0.1) is 12.0 Å². The normalized spacial score (nSPS) is 26.9. The predicted molar refractivity (Wildman–Crippen MR) is 69.0 cm³/mol. The van der Waals surface area contributed by atoms with E-state index in [2.05, 4.69) is 0 Å². The summed E-state index contributed by atoms with van der Waals surface area (Å²) < 4.78 is 117. The van der Waals surface area contributed by atoms with Crippen molar-refractivity contribution in [2.24, 2.45) is 0 Å². The zero-order valence-electron chi connectivity index (χ0n) is 12.1. The van der Waals surface area contributed by atoms with Gasteiger partial charge in [0.1, 0.15) is 0 Å². The lowest BCUT2D eigenvalue weighted by atomic mass is 9.68. The maximum Gasteiger partial charge on any atom is 0.416 e. The van der Waals surface area contributed by atoms with Crippen LogP contribution >= 0.6 is 11.6 Å². The highest BCUT2D eigenvalue weighted by molar-refractivity contribution is 6.31. The van der Waals surface area contributed by atoms with Gasteiger partial charge in [0.2, 0.25) is 6.17 Å². The molecule has 1 aromatic rings. The molecule has 0 unspecified atom stereocenters. The van der Waals surface area contributed by atoms with Gasteiger partial charge in [-0.15, -0.1) is 0 Å². The standard InChI is InChI=1S/C14H6ClF9O2/c15-7-2-5(1-6(3-7)14(22,23)24)8(25)4-9(26)11(17)12(18,19)10(16)13(11,20)21/h1-3,10H,4H2. The second-order valence-corrected chi connectivity index (χ2v) is 5.95. The number of Topliss-reactive ketones (excluding diaryl/α,β-unsaturated/α-hetero) is 2. The fraction of sp³-hybridized carbons (Fsp3) is 0.429. The van der Waals surface area contributed by atoms with E-state index in [-0.39, 0.29) is 6.07 Å². The molecule has 0 atom stereocenters. The van der Waals surface area contributed by atoms with Gasteiger partial charge < -0.3 is 0 Å². The molecule has 1 fully saturated rings. The minimum absolute atomic E-state index is 0.182. The number of halogens is 10. The van der Waals surface area contributed by atoms with Crippen molar-refractivity contribution in [1.82, 2.24) is 0 Å². The monoisotopic (exact) mass is 412 g/mol. The minimum atomic E-state index is -5.39. The van der Waals surface area contributed by atoms with E-state index in [1.54, 1.807) is 0 Å². The molecule has 144 valence electrons. The topological polar surface area (TPSA) is 34.1 Å². The van der Waals surface area contributed by atoms with Crippen LogP contribution in [0.15, 0.2) is 18.2 Å². The zero-order valence-corrected chi connectivity index (χ0v) is 12.9. The number of rotatable bonds is 4. The Bertz CT molecular complexity index is 756. The van der Waals surface area contributed by atoms with Gasteiger partial charge in [0.25, 0.3) is 0 Å². The van der Waals surface area contributed by atoms with Crippen molar-refractivity contribution in [1.29, 1.82) is 0 Å². The van der Waals surface area contributed by atoms with E-state index in [4.69, 9.17) is 11.6 Å². The number of ketones is 2. The van der Waals surface area contributed by atoms with Gasteiger partial charge in [0.15, 0.2) is 11.6 Å². The van der Waals surface area contributed by atoms with Gasteiger partial charge in [-0.3, -0.25) is 9.59 Å². The van der Waals surface area contributed by atoms with Gasteiger partial charge in [0, 0.05) is 10.6 Å². The lowest BCUT2D eigenvalue weighted by Gasteiger charge is -2.49. The molecule has 0 heterocycles. The third kappa shape index (κ3) is 2.76. The Morgan fingerprint density at radius 2 is 1.50 bits per heavy atom. The molecule has 12 heteroatoms. The summed E-state index contributed by atoms with van der Waals surface area (Å²) in [6.45, 7) is 0. The molecule has 2 rings (SSSR count). The van der Waals surface area contributed by atoms with Crippen molar-refractivity contribution in [3.63, 3.8) is 0 Å². The van der Waals surface area contributed by atoms with Crippen molar-refractivity contribution >= 4 is 23.2 Å². The lowest BCUT2D eigenvalue weighted by Crippen LogP contribution is -2.81. The molecule has 0 saturated heterocycles. The molecule has 0 aliphatic heterocycles. The molecule has 0 bridgehead atoms. The molecular formula is C14H6ClF9O2. The molecule has 0 amide bonds. The summed E-state index contributed by atoms with van der Waals surface area (Å²) in [4.78, 5) is 23.3. The molecule has 0 spiro atoms. The van der Waals surface area contributed by atoms with Crippen LogP contribution < -0.4 is 0 Å².